The van der Waals surface area contributed by atoms with Gasteiger partial charge in [0.15, 0.2) is 0 Å². The highest BCUT2D eigenvalue weighted by atomic mass is 127. The molecule has 2 heterocycles. The van der Waals surface area contributed by atoms with Crippen LogP contribution in [0.4, 0.5) is 15.8 Å². The number of tetrazole rings is 1. The Morgan fingerprint density at radius 1 is 1.10 bits per heavy atom. The van der Waals surface area contributed by atoms with Gasteiger partial charge in [-0.25, -0.2) is 17.6 Å². The number of sulfonamides is 1. The van der Waals surface area contributed by atoms with Crippen LogP contribution in [0.2, 0.25) is 0 Å². The minimum Gasteiger partial charge on any atom is -0.458 e. The lowest BCUT2D eigenvalue weighted by Crippen LogP contribution is -2.65. The van der Waals surface area contributed by atoms with Crippen LogP contribution in [0.5, 0.6) is 0 Å². The van der Waals surface area contributed by atoms with Gasteiger partial charge in [-0.1, -0.05) is 54.6 Å². The summed E-state index contributed by atoms with van der Waals surface area (Å²) in [5.41, 5.74) is 1.52. The summed E-state index contributed by atoms with van der Waals surface area (Å²) in [7, 11) is -3.38. The summed E-state index contributed by atoms with van der Waals surface area (Å²) in [4.78, 5) is 13.7. The third-order valence-electron chi connectivity index (χ3n) is 6.46. The number of hydrogen-bond donors (Lipinski definition) is 2. The number of nitrogens with zero attached hydrogens (tertiary/aromatic N) is 5. The molecule has 0 spiro atoms. The van der Waals surface area contributed by atoms with Crippen molar-refractivity contribution < 1.29 is 27.4 Å². The third-order valence-corrected chi connectivity index (χ3v) is 8.72. The Labute approximate surface area is 249 Å². The van der Waals surface area contributed by atoms with Crippen LogP contribution < -0.4 is 5.32 Å². The number of aromatic nitrogens is 4. The maximum Gasteiger partial charge on any atom is 0.359 e. The molecule has 3 aromatic carbocycles. The minimum absolute atomic E-state index is 0.0157. The van der Waals surface area contributed by atoms with Crippen molar-refractivity contribution in [3.63, 3.8) is 0 Å². The molecular formula is C27H26FIN6O5S. The lowest BCUT2D eigenvalue weighted by atomic mass is 9.98. The second-order valence-electron chi connectivity index (χ2n) is 9.78. The number of esters is 1. The van der Waals surface area contributed by atoms with Crippen LogP contribution in [0.15, 0.2) is 78.9 Å². The van der Waals surface area contributed by atoms with E-state index < -0.39 is 25.3 Å². The fourth-order valence-corrected chi connectivity index (χ4v) is 5.73. The Morgan fingerprint density at radius 2 is 1.76 bits per heavy atom. The van der Waals surface area contributed by atoms with Crippen LogP contribution in [0.1, 0.15) is 11.1 Å². The summed E-state index contributed by atoms with van der Waals surface area (Å²) in [6.45, 7) is -0.127. The molecule has 1 saturated heterocycles. The SMILES string of the molecule is CS(=O)(=O)N1CC(O)(Cn2nnc(-c3ccccc3Nc3ccc(C(F)(I)C(=O)OCc4ccccc4)cc3)n2)C1. The smallest absolute Gasteiger partial charge is 0.359 e. The van der Waals surface area contributed by atoms with E-state index in [0.717, 1.165) is 11.8 Å². The van der Waals surface area contributed by atoms with Crippen molar-refractivity contribution in [3.8, 4) is 11.4 Å². The van der Waals surface area contributed by atoms with Crippen LogP contribution >= 0.6 is 22.6 Å². The molecule has 14 heteroatoms. The van der Waals surface area contributed by atoms with E-state index in [2.05, 4.69) is 20.7 Å². The Hall–Kier alpha value is -3.47. The highest BCUT2D eigenvalue weighted by molar-refractivity contribution is 14.1. The lowest BCUT2D eigenvalue weighted by Gasteiger charge is -2.44. The summed E-state index contributed by atoms with van der Waals surface area (Å²) in [5.74, 6) is -0.693. The molecule has 1 atom stereocenters. The van der Waals surface area contributed by atoms with Crippen LogP contribution in [0, 0.1) is 0 Å². The van der Waals surface area contributed by atoms with Crippen LogP contribution in [0.3, 0.4) is 0 Å². The van der Waals surface area contributed by atoms with Crippen LogP contribution in [-0.2, 0) is 36.4 Å². The summed E-state index contributed by atoms with van der Waals surface area (Å²) < 4.78 is 42.7. The number of alkyl halides is 2. The van der Waals surface area contributed by atoms with E-state index in [4.69, 9.17) is 4.74 Å². The van der Waals surface area contributed by atoms with E-state index in [1.54, 1.807) is 30.3 Å². The largest absolute Gasteiger partial charge is 0.458 e. The van der Waals surface area contributed by atoms with Gasteiger partial charge < -0.3 is 15.2 Å². The Morgan fingerprint density at radius 3 is 2.44 bits per heavy atom. The number of anilines is 2. The molecule has 0 aliphatic carbocycles. The molecule has 1 unspecified atom stereocenters. The van der Waals surface area contributed by atoms with Gasteiger partial charge in [-0.2, -0.15) is 9.10 Å². The maximum atomic E-state index is 15.4. The molecule has 41 heavy (non-hydrogen) atoms. The van der Waals surface area contributed by atoms with Crippen molar-refractivity contribution in [2.75, 3.05) is 24.7 Å². The average Bonchev–Trinajstić information content (AvgIpc) is 3.39. The first-order chi connectivity index (χ1) is 19.4. The van der Waals surface area contributed by atoms with Gasteiger partial charge in [-0.15, -0.1) is 10.2 Å². The van der Waals surface area contributed by atoms with Crippen molar-refractivity contribution in [1.82, 2.24) is 24.5 Å². The molecule has 1 fully saturated rings. The van der Waals surface area contributed by atoms with E-state index in [9.17, 15) is 18.3 Å². The number of carbonyl (C=O) groups excluding carboxylic acids is 1. The predicted octanol–water partition coefficient (Wildman–Crippen LogP) is 3.39. The van der Waals surface area contributed by atoms with E-state index in [1.807, 2.05) is 36.4 Å². The van der Waals surface area contributed by atoms with Gasteiger partial charge in [-0.05, 0) is 57.6 Å². The topological polar surface area (TPSA) is 140 Å². The van der Waals surface area contributed by atoms with Crippen LogP contribution in [-0.4, -0.2) is 69.0 Å². The highest BCUT2D eigenvalue weighted by Gasteiger charge is 2.46. The molecule has 4 aromatic rings. The minimum atomic E-state index is -3.38. The number of rotatable bonds is 10. The van der Waals surface area contributed by atoms with E-state index >= 15 is 4.39 Å². The first-order valence-electron chi connectivity index (χ1n) is 12.4. The number of para-hydroxylation sites is 1. The molecular weight excluding hydrogens is 666 g/mol. The van der Waals surface area contributed by atoms with Gasteiger partial charge in [0, 0.05) is 35.6 Å². The lowest BCUT2D eigenvalue weighted by molar-refractivity contribution is -0.152. The van der Waals surface area contributed by atoms with Gasteiger partial charge in [0.25, 0.3) is 3.68 Å². The molecule has 1 aliphatic rings. The fraction of sp³-hybridized carbons (Fsp3) is 0.259. The third kappa shape index (κ3) is 6.72. The molecule has 0 saturated carbocycles. The normalized spacial score (nSPS) is 16.4. The molecule has 0 amide bonds. The van der Waals surface area contributed by atoms with Crippen molar-refractivity contribution in [2.24, 2.45) is 0 Å². The van der Waals surface area contributed by atoms with Crippen molar-refractivity contribution in [3.05, 3.63) is 90.0 Å². The Kier molecular flexibility index (Phi) is 8.09. The predicted molar refractivity (Wildman–Crippen MR) is 157 cm³/mol. The molecule has 5 rings (SSSR count). The molecule has 1 aliphatic heterocycles. The number of aliphatic hydroxyl groups is 1. The quantitative estimate of drug-likeness (QED) is 0.146. The standard InChI is InChI=1S/C27H26FIN6O5S/c1-41(38,39)34-16-26(37,17-34)18-35-32-24(31-33-35)22-9-5-6-10-23(22)30-21-13-11-20(12-14-21)27(28,29)25(36)40-15-19-7-3-2-4-8-19/h2-14,30,37H,15-18H2,1H3. The number of benzene rings is 3. The van der Waals surface area contributed by atoms with Gasteiger partial charge >= 0.3 is 5.97 Å². The summed E-state index contributed by atoms with van der Waals surface area (Å²) >= 11 is 1.44. The number of halogens is 2. The first kappa shape index (κ1) is 29.0. The summed E-state index contributed by atoms with van der Waals surface area (Å²) in [6, 6.07) is 22.6. The number of carbonyl (C=O) groups is 1. The second-order valence-corrected chi connectivity index (χ2v) is 13.3. The average molecular weight is 693 g/mol. The maximum absolute atomic E-state index is 15.4. The number of hydrogen-bond acceptors (Lipinski definition) is 9. The second kappa shape index (κ2) is 11.4. The van der Waals surface area contributed by atoms with E-state index in [1.165, 1.54) is 43.8 Å². The molecule has 1 aromatic heterocycles. The van der Waals surface area contributed by atoms with E-state index in [0.29, 0.717) is 22.8 Å². The zero-order valence-electron chi connectivity index (χ0n) is 21.8. The van der Waals surface area contributed by atoms with Gasteiger partial charge in [-0.3, -0.25) is 0 Å². The Bertz CT molecular complexity index is 1640. The molecule has 0 bridgehead atoms. The zero-order valence-corrected chi connectivity index (χ0v) is 24.8. The van der Waals surface area contributed by atoms with Gasteiger partial charge in [0.1, 0.15) is 12.2 Å². The zero-order chi connectivity index (χ0) is 29.3. The van der Waals surface area contributed by atoms with Crippen molar-refractivity contribution >= 4 is 50.0 Å². The van der Waals surface area contributed by atoms with Crippen molar-refractivity contribution in [1.29, 1.82) is 0 Å². The monoisotopic (exact) mass is 692 g/mol. The first-order valence-corrected chi connectivity index (χ1v) is 15.4. The van der Waals surface area contributed by atoms with Gasteiger partial charge in [0.2, 0.25) is 15.8 Å². The van der Waals surface area contributed by atoms with Gasteiger partial charge in [0.05, 0.1) is 12.8 Å². The Balaban J connectivity index is 1.25. The molecule has 2 N–H and O–H groups in total. The van der Waals surface area contributed by atoms with E-state index in [-0.39, 0.29) is 31.8 Å². The highest BCUT2D eigenvalue weighted by Crippen LogP contribution is 2.37. The number of nitrogens with one attached hydrogen (secondary N) is 1. The summed E-state index contributed by atoms with van der Waals surface area (Å²) in [6.07, 6.45) is 1.09. The summed E-state index contributed by atoms with van der Waals surface area (Å²) in [5, 5.41) is 26.4. The molecule has 11 nitrogen and oxygen atoms in total. The number of ether oxygens (including phenoxy) is 1. The number of β-amino-alcohol motifs (C(OH)–C–C–N with tert-alkyl or cyclic N) is 1. The molecule has 0 radical (unpaired) electrons. The van der Waals surface area contributed by atoms with Crippen molar-refractivity contribution in [2.45, 2.75) is 22.4 Å². The fourth-order valence-electron chi connectivity index (χ4n) is 4.26. The molecule has 214 valence electrons. The van der Waals surface area contributed by atoms with Crippen LogP contribution in [0.25, 0.3) is 11.4 Å².